The van der Waals surface area contributed by atoms with Crippen molar-refractivity contribution in [2.24, 2.45) is 0 Å². The highest BCUT2D eigenvalue weighted by atomic mass is 16.5. The second-order valence-electron chi connectivity index (χ2n) is 7.64. The molecule has 27 heavy (non-hydrogen) atoms. The third kappa shape index (κ3) is 3.18. The minimum Gasteiger partial charge on any atom is -0.493 e. The number of carbonyl (C=O) groups excluding carboxylic acids is 1. The molecule has 1 saturated heterocycles. The van der Waals surface area contributed by atoms with E-state index in [9.17, 15) is 9.59 Å². The van der Waals surface area contributed by atoms with Crippen molar-refractivity contribution in [2.75, 3.05) is 6.61 Å². The van der Waals surface area contributed by atoms with Crippen LogP contribution in [0.3, 0.4) is 0 Å². The average Bonchev–Trinajstić information content (AvgIpc) is 3.25. The Hall–Kier alpha value is -2.82. The van der Waals surface area contributed by atoms with E-state index < -0.39 is 0 Å². The lowest BCUT2D eigenvalue weighted by Gasteiger charge is -2.13. The molecule has 1 atom stereocenters. The summed E-state index contributed by atoms with van der Waals surface area (Å²) in [7, 11) is 0. The van der Waals surface area contributed by atoms with Crippen molar-refractivity contribution in [1.82, 2.24) is 10.3 Å². The summed E-state index contributed by atoms with van der Waals surface area (Å²) in [6.45, 7) is 0.712. The number of aromatic nitrogens is 1. The predicted molar refractivity (Wildman–Crippen MR) is 103 cm³/mol. The van der Waals surface area contributed by atoms with Gasteiger partial charge in [0.25, 0.3) is 5.56 Å². The zero-order chi connectivity index (χ0) is 18.4. The van der Waals surface area contributed by atoms with E-state index in [1.807, 2.05) is 24.3 Å². The topological polar surface area (TPSA) is 71.2 Å². The maximum absolute atomic E-state index is 12.6. The minimum atomic E-state index is -0.0105. The summed E-state index contributed by atoms with van der Waals surface area (Å²) < 4.78 is 5.62. The summed E-state index contributed by atoms with van der Waals surface area (Å²) >= 11 is 0. The number of ether oxygens (including phenoxy) is 1. The molecule has 1 aromatic carbocycles. The van der Waals surface area contributed by atoms with Gasteiger partial charge in [-0.3, -0.25) is 9.59 Å². The van der Waals surface area contributed by atoms with Crippen LogP contribution in [0.15, 0.2) is 41.2 Å². The molecule has 0 bridgehead atoms. The number of fused-ring (bicyclic) bond motifs is 1. The van der Waals surface area contributed by atoms with Crippen LogP contribution in [0.1, 0.15) is 54.0 Å². The first kappa shape index (κ1) is 16.4. The maximum Gasteiger partial charge on any atom is 0.251 e. The van der Waals surface area contributed by atoms with Gasteiger partial charge in [-0.2, -0.15) is 0 Å². The number of amides is 1. The summed E-state index contributed by atoms with van der Waals surface area (Å²) in [6.07, 6.45) is 6.50. The Bertz CT molecular complexity index is 1000. The molecule has 2 aromatic rings. The zero-order valence-corrected chi connectivity index (χ0v) is 15.1. The fraction of sp³-hybridized carbons (Fsp3) is 0.364. The summed E-state index contributed by atoms with van der Waals surface area (Å²) in [5, 5.41) is 3.00. The fourth-order valence-corrected chi connectivity index (χ4v) is 4.02. The Morgan fingerprint density at radius 3 is 2.70 bits per heavy atom. The van der Waals surface area contributed by atoms with E-state index in [0.717, 1.165) is 53.8 Å². The highest BCUT2D eigenvalue weighted by Crippen LogP contribution is 2.38. The van der Waals surface area contributed by atoms with E-state index in [4.69, 9.17) is 4.74 Å². The molecule has 2 fully saturated rings. The van der Waals surface area contributed by atoms with Gasteiger partial charge in [0.05, 0.1) is 6.61 Å². The van der Waals surface area contributed by atoms with Crippen LogP contribution in [0, 0.1) is 0 Å². The number of carbonyl (C=O) groups is 1. The lowest BCUT2D eigenvalue weighted by atomic mass is 9.96. The molecule has 1 amide bonds. The smallest absolute Gasteiger partial charge is 0.251 e. The zero-order valence-electron chi connectivity index (χ0n) is 15.1. The van der Waals surface area contributed by atoms with Gasteiger partial charge >= 0.3 is 0 Å². The quantitative estimate of drug-likeness (QED) is 0.879. The molecule has 0 spiro atoms. The number of benzene rings is 1. The van der Waals surface area contributed by atoms with E-state index in [0.29, 0.717) is 18.9 Å². The number of hydrogen-bond donors (Lipinski definition) is 2. The van der Waals surface area contributed by atoms with Gasteiger partial charge in [0.2, 0.25) is 5.91 Å². The second kappa shape index (κ2) is 6.41. The Balaban J connectivity index is 1.58. The number of pyridine rings is 1. The number of aromatic amines is 1. The third-order valence-electron chi connectivity index (χ3n) is 5.64. The molecule has 138 valence electrons. The molecule has 5 heteroatoms. The SMILES string of the molecule is O=C1CC[C@H](/C=C(\c2ccc3c(c2)CCO3)c2ccc(C3CC3)c(=O)[nH]2)N1. The van der Waals surface area contributed by atoms with Gasteiger partial charge in [-0.05, 0) is 54.5 Å². The van der Waals surface area contributed by atoms with Gasteiger partial charge in [0.1, 0.15) is 5.75 Å². The molecule has 3 heterocycles. The molecule has 2 aliphatic heterocycles. The van der Waals surface area contributed by atoms with Gasteiger partial charge in [-0.15, -0.1) is 0 Å². The van der Waals surface area contributed by atoms with Crippen LogP contribution in [0.25, 0.3) is 5.57 Å². The molecule has 5 nitrogen and oxygen atoms in total. The molecule has 3 aliphatic rings. The first-order chi connectivity index (χ1) is 13.2. The van der Waals surface area contributed by atoms with E-state index in [1.165, 1.54) is 5.56 Å². The van der Waals surface area contributed by atoms with E-state index in [-0.39, 0.29) is 17.5 Å². The molecule has 1 aromatic heterocycles. The summed E-state index contributed by atoms with van der Waals surface area (Å²) in [5.74, 6) is 1.43. The highest BCUT2D eigenvalue weighted by Gasteiger charge is 2.27. The van der Waals surface area contributed by atoms with Crippen LogP contribution >= 0.6 is 0 Å². The van der Waals surface area contributed by atoms with Gasteiger partial charge in [0.15, 0.2) is 0 Å². The van der Waals surface area contributed by atoms with E-state index >= 15 is 0 Å². The number of nitrogens with one attached hydrogen (secondary N) is 2. The lowest BCUT2D eigenvalue weighted by Crippen LogP contribution is -2.23. The first-order valence-electron chi connectivity index (χ1n) is 9.68. The molecule has 0 unspecified atom stereocenters. The van der Waals surface area contributed by atoms with Gasteiger partial charge in [-0.25, -0.2) is 0 Å². The standard InChI is InChI=1S/C22H22N2O3/c25-21-8-4-16(23-21)12-18(14-3-7-20-15(11-14)9-10-27-20)19-6-5-17(13-1-2-13)22(26)24-19/h3,5-7,11-13,16H,1-2,4,8-10H2,(H,23,25)(H,24,26)/b18-12+/t16-/m1/s1. The number of rotatable bonds is 4. The van der Waals surface area contributed by atoms with Gasteiger partial charge in [0, 0.05) is 35.7 Å². The predicted octanol–water partition coefficient (Wildman–Crippen LogP) is 2.90. The molecule has 1 aliphatic carbocycles. The van der Waals surface area contributed by atoms with Gasteiger partial charge < -0.3 is 15.0 Å². The highest BCUT2D eigenvalue weighted by molar-refractivity contribution is 5.82. The summed E-state index contributed by atoms with van der Waals surface area (Å²) in [6, 6.07) is 10.1. The molecular formula is C22H22N2O3. The number of H-pyrrole nitrogens is 1. The number of hydrogen-bond acceptors (Lipinski definition) is 3. The van der Waals surface area contributed by atoms with Crippen LogP contribution in [0.4, 0.5) is 0 Å². The molecule has 1 saturated carbocycles. The van der Waals surface area contributed by atoms with Crippen LogP contribution in [0.5, 0.6) is 5.75 Å². The first-order valence-corrected chi connectivity index (χ1v) is 9.68. The van der Waals surface area contributed by atoms with Crippen molar-refractivity contribution in [1.29, 1.82) is 0 Å². The lowest BCUT2D eigenvalue weighted by molar-refractivity contribution is -0.119. The average molecular weight is 362 g/mol. The largest absolute Gasteiger partial charge is 0.493 e. The monoisotopic (exact) mass is 362 g/mol. The second-order valence-corrected chi connectivity index (χ2v) is 7.64. The molecule has 2 N–H and O–H groups in total. The molecular weight excluding hydrogens is 340 g/mol. The van der Waals surface area contributed by atoms with Crippen molar-refractivity contribution < 1.29 is 9.53 Å². The molecule has 0 radical (unpaired) electrons. The van der Waals surface area contributed by atoms with Crippen LogP contribution in [0.2, 0.25) is 0 Å². The Morgan fingerprint density at radius 2 is 1.96 bits per heavy atom. The molecule has 5 rings (SSSR count). The maximum atomic E-state index is 12.6. The van der Waals surface area contributed by atoms with Crippen molar-refractivity contribution in [2.45, 2.75) is 44.1 Å². The van der Waals surface area contributed by atoms with Crippen molar-refractivity contribution in [3.8, 4) is 5.75 Å². The van der Waals surface area contributed by atoms with E-state index in [2.05, 4.69) is 22.4 Å². The van der Waals surface area contributed by atoms with Crippen molar-refractivity contribution >= 4 is 11.5 Å². The Labute approximate surface area is 157 Å². The minimum absolute atomic E-state index is 0.000788. The Morgan fingerprint density at radius 1 is 1.07 bits per heavy atom. The van der Waals surface area contributed by atoms with Crippen LogP contribution in [-0.4, -0.2) is 23.5 Å². The van der Waals surface area contributed by atoms with E-state index in [1.54, 1.807) is 0 Å². The van der Waals surface area contributed by atoms with Crippen molar-refractivity contribution in [3.05, 3.63) is 69.1 Å². The Kier molecular flexibility index (Phi) is 3.88. The van der Waals surface area contributed by atoms with Crippen LogP contribution in [-0.2, 0) is 11.2 Å². The normalized spacial score (nSPS) is 21.7. The van der Waals surface area contributed by atoms with Crippen LogP contribution < -0.4 is 15.6 Å². The fourth-order valence-electron chi connectivity index (χ4n) is 4.02. The van der Waals surface area contributed by atoms with Gasteiger partial charge in [-0.1, -0.05) is 18.2 Å². The van der Waals surface area contributed by atoms with Crippen molar-refractivity contribution in [3.63, 3.8) is 0 Å². The third-order valence-corrected chi connectivity index (χ3v) is 5.64. The summed E-state index contributed by atoms with van der Waals surface area (Å²) in [4.78, 5) is 27.3. The summed E-state index contributed by atoms with van der Waals surface area (Å²) in [5.41, 5.74) is 4.86.